The van der Waals surface area contributed by atoms with Crippen molar-refractivity contribution in [2.75, 3.05) is 13.1 Å². The molecule has 2 nitrogen and oxygen atoms in total. The Morgan fingerprint density at radius 3 is 3.50 bits per heavy atom. The van der Waals surface area contributed by atoms with Crippen LogP contribution in [0.5, 0.6) is 0 Å². The molecule has 2 heteroatoms. The summed E-state index contributed by atoms with van der Waals surface area (Å²) in [6.45, 7) is 2.14. The van der Waals surface area contributed by atoms with Gasteiger partial charge in [-0.1, -0.05) is 6.08 Å². The van der Waals surface area contributed by atoms with E-state index < -0.39 is 0 Å². The highest BCUT2D eigenvalue weighted by atomic mass is 14.9. The first-order valence-corrected chi connectivity index (χ1v) is 3.90. The van der Waals surface area contributed by atoms with E-state index in [2.05, 4.69) is 16.4 Å². The van der Waals surface area contributed by atoms with Crippen molar-refractivity contribution in [3.8, 4) is 0 Å². The van der Waals surface area contributed by atoms with Crippen molar-refractivity contribution in [2.45, 2.75) is 18.9 Å². The van der Waals surface area contributed by atoms with Crippen LogP contribution in [0.15, 0.2) is 16.6 Å². The zero-order chi connectivity index (χ0) is 6.81. The van der Waals surface area contributed by atoms with Crippen molar-refractivity contribution >= 4 is 6.21 Å². The molecule has 2 aliphatic heterocycles. The summed E-state index contributed by atoms with van der Waals surface area (Å²) < 4.78 is 0. The van der Waals surface area contributed by atoms with Crippen LogP contribution in [-0.2, 0) is 0 Å². The molecule has 1 atom stereocenters. The van der Waals surface area contributed by atoms with E-state index in [1.807, 2.05) is 6.21 Å². The Hall–Kier alpha value is -0.630. The second kappa shape index (κ2) is 2.54. The number of aliphatic imine (C=N–C) groups is 1. The summed E-state index contributed by atoms with van der Waals surface area (Å²) in [4.78, 5) is 4.23. The fourth-order valence-electron chi connectivity index (χ4n) is 1.54. The summed E-state index contributed by atoms with van der Waals surface area (Å²) in [5.74, 6) is 0. The summed E-state index contributed by atoms with van der Waals surface area (Å²) in [7, 11) is 0. The van der Waals surface area contributed by atoms with Crippen molar-refractivity contribution in [1.82, 2.24) is 5.32 Å². The molecule has 0 spiro atoms. The van der Waals surface area contributed by atoms with E-state index in [-0.39, 0.29) is 0 Å². The lowest BCUT2D eigenvalue weighted by Gasteiger charge is -2.25. The fraction of sp³-hybridized carbons (Fsp3) is 0.625. The Kier molecular flexibility index (Phi) is 1.55. The minimum Gasteiger partial charge on any atom is -0.310 e. The number of hydrogen-bond acceptors (Lipinski definition) is 2. The molecule has 0 aromatic rings. The molecular formula is C8H12N2. The molecule has 0 amide bonds. The van der Waals surface area contributed by atoms with Crippen molar-refractivity contribution in [3.63, 3.8) is 0 Å². The van der Waals surface area contributed by atoms with E-state index in [1.54, 1.807) is 0 Å². The minimum absolute atomic E-state index is 0.617. The molecule has 2 heterocycles. The van der Waals surface area contributed by atoms with E-state index in [4.69, 9.17) is 0 Å². The third-order valence-electron chi connectivity index (χ3n) is 2.10. The zero-order valence-corrected chi connectivity index (χ0v) is 6.01. The van der Waals surface area contributed by atoms with Gasteiger partial charge in [0.1, 0.15) is 0 Å². The molecule has 2 rings (SSSR count). The number of nitrogens with zero attached hydrogens (tertiary/aromatic N) is 1. The van der Waals surface area contributed by atoms with Gasteiger partial charge in [0.25, 0.3) is 0 Å². The summed E-state index contributed by atoms with van der Waals surface area (Å²) >= 11 is 0. The van der Waals surface area contributed by atoms with Gasteiger partial charge < -0.3 is 5.32 Å². The van der Waals surface area contributed by atoms with Crippen molar-refractivity contribution in [1.29, 1.82) is 0 Å². The van der Waals surface area contributed by atoms with Crippen LogP contribution in [0.25, 0.3) is 0 Å². The van der Waals surface area contributed by atoms with E-state index >= 15 is 0 Å². The summed E-state index contributed by atoms with van der Waals surface area (Å²) in [6, 6.07) is 0.617. The first-order valence-electron chi connectivity index (χ1n) is 3.90. The molecule has 2 aliphatic rings. The number of fused-ring (bicyclic) bond motifs is 1. The van der Waals surface area contributed by atoms with Crippen LogP contribution < -0.4 is 5.32 Å². The van der Waals surface area contributed by atoms with Gasteiger partial charge in [0.15, 0.2) is 0 Å². The molecule has 1 N–H and O–H groups in total. The molecule has 0 radical (unpaired) electrons. The van der Waals surface area contributed by atoms with Crippen LogP contribution in [0.1, 0.15) is 12.8 Å². The number of nitrogens with one attached hydrogen (secondary N) is 1. The maximum absolute atomic E-state index is 4.23. The molecule has 0 saturated carbocycles. The van der Waals surface area contributed by atoms with Gasteiger partial charge in [0.05, 0.1) is 0 Å². The van der Waals surface area contributed by atoms with Gasteiger partial charge in [-0.15, -0.1) is 0 Å². The van der Waals surface area contributed by atoms with E-state index in [1.165, 1.54) is 12.0 Å². The third kappa shape index (κ3) is 0.991. The molecule has 0 aromatic carbocycles. The van der Waals surface area contributed by atoms with Gasteiger partial charge in [-0.2, -0.15) is 0 Å². The second-order valence-corrected chi connectivity index (χ2v) is 2.82. The highest BCUT2D eigenvalue weighted by molar-refractivity contribution is 5.81. The maximum atomic E-state index is 4.23. The molecule has 0 fully saturated rings. The highest BCUT2D eigenvalue weighted by Crippen LogP contribution is 2.13. The largest absolute Gasteiger partial charge is 0.310 e. The van der Waals surface area contributed by atoms with Crippen molar-refractivity contribution < 1.29 is 0 Å². The Bertz CT molecular complexity index is 182. The van der Waals surface area contributed by atoms with E-state index in [9.17, 15) is 0 Å². The lowest BCUT2D eigenvalue weighted by Crippen LogP contribution is -2.37. The van der Waals surface area contributed by atoms with Crippen LogP contribution in [0.2, 0.25) is 0 Å². The summed E-state index contributed by atoms with van der Waals surface area (Å²) in [5.41, 5.74) is 1.40. The SMILES string of the molecule is C1=NCCC2NCCC=C12. The van der Waals surface area contributed by atoms with Crippen LogP contribution in [-0.4, -0.2) is 25.3 Å². The predicted molar refractivity (Wildman–Crippen MR) is 42.5 cm³/mol. The van der Waals surface area contributed by atoms with Crippen molar-refractivity contribution in [3.05, 3.63) is 11.6 Å². The van der Waals surface area contributed by atoms with Gasteiger partial charge in [0, 0.05) is 18.8 Å². The average Bonchev–Trinajstić information content (AvgIpc) is 2.05. The van der Waals surface area contributed by atoms with Crippen LogP contribution in [0.3, 0.4) is 0 Å². The van der Waals surface area contributed by atoms with Crippen molar-refractivity contribution in [2.24, 2.45) is 4.99 Å². The molecule has 0 bridgehead atoms. The van der Waals surface area contributed by atoms with Gasteiger partial charge in [-0.25, -0.2) is 0 Å². The normalized spacial score (nSPS) is 31.2. The number of rotatable bonds is 0. The predicted octanol–water partition coefficient (Wildman–Crippen LogP) is 0.749. The molecule has 54 valence electrons. The third-order valence-corrected chi connectivity index (χ3v) is 2.10. The standard InChI is InChI=1S/C8H12N2/c1-2-7-6-9-5-3-8(7)10-4-1/h2,6,8,10H,1,3-5H2. The second-order valence-electron chi connectivity index (χ2n) is 2.82. The lowest BCUT2D eigenvalue weighted by molar-refractivity contribution is 0.529. The van der Waals surface area contributed by atoms with Crippen LogP contribution >= 0.6 is 0 Å². The first-order chi connectivity index (χ1) is 4.97. The molecule has 10 heavy (non-hydrogen) atoms. The summed E-state index contributed by atoms with van der Waals surface area (Å²) in [6.07, 6.45) is 6.66. The monoisotopic (exact) mass is 136 g/mol. The number of hydrogen-bond donors (Lipinski definition) is 1. The minimum atomic E-state index is 0.617. The quantitative estimate of drug-likeness (QED) is 0.522. The van der Waals surface area contributed by atoms with Gasteiger partial charge in [-0.3, -0.25) is 4.99 Å². The highest BCUT2D eigenvalue weighted by Gasteiger charge is 2.16. The van der Waals surface area contributed by atoms with E-state index in [0.29, 0.717) is 6.04 Å². The zero-order valence-electron chi connectivity index (χ0n) is 6.01. The topological polar surface area (TPSA) is 24.4 Å². The van der Waals surface area contributed by atoms with Gasteiger partial charge in [-0.05, 0) is 25.0 Å². The molecule has 0 aliphatic carbocycles. The first kappa shape index (κ1) is 6.10. The van der Waals surface area contributed by atoms with Crippen LogP contribution in [0.4, 0.5) is 0 Å². The molecule has 1 unspecified atom stereocenters. The Morgan fingerprint density at radius 2 is 2.60 bits per heavy atom. The fourth-order valence-corrected chi connectivity index (χ4v) is 1.54. The Labute approximate surface area is 61.0 Å². The summed E-state index contributed by atoms with van der Waals surface area (Å²) in [5, 5.41) is 3.46. The molecule has 0 saturated heterocycles. The Morgan fingerprint density at radius 1 is 1.60 bits per heavy atom. The van der Waals surface area contributed by atoms with Crippen LogP contribution in [0, 0.1) is 0 Å². The molecular weight excluding hydrogens is 124 g/mol. The van der Waals surface area contributed by atoms with Gasteiger partial charge >= 0.3 is 0 Å². The average molecular weight is 136 g/mol. The smallest absolute Gasteiger partial charge is 0.0407 e. The molecule has 0 aromatic heterocycles. The Balaban J connectivity index is 2.21. The van der Waals surface area contributed by atoms with Gasteiger partial charge in [0.2, 0.25) is 0 Å². The maximum Gasteiger partial charge on any atom is 0.0407 e. The lowest BCUT2D eigenvalue weighted by atomic mass is 9.98. The van der Waals surface area contributed by atoms with E-state index in [0.717, 1.165) is 19.5 Å².